The number of carbonyl (C=O) groups is 3. The zero-order valence-electron chi connectivity index (χ0n) is 11.6. The second-order valence-electron chi connectivity index (χ2n) is 4.71. The summed E-state index contributed by atoms with van der Waals surface area (Å²) >= 11 is 0. The van der Waals surface area contributed by atoms with Gasteiger partial charge in [-0.05, 0) is 17.7 Å². The molecule has 2 rings (SSSR count). The summed E-state index contributed by atoms with van der Waals surface area (Å²) in [5, 5.41) is 8.86. The summed E-state index contributed by atoms with van der Waals surface area (Å²) in [6.45, 7) is 0.842. The molecule has 0 aromatic heterocycles. The highest BCUT2D eigenvalue weighted by atomic mass is 16.5. The SMILES string of the molecule is COC(=O)c1cccc(CN2CCN(C(=O)O)CC2=O)c1. The van der Waals surface area contributed by atoms with Crippen LogP contribution in [-0.2, 0) is 16.1 Å². The van der Waals surface area contributed by atoms with Crippen LogP contribution in [0.5, 0.6) is 0 Å². The van der Waals surface area contributed by atoms with Crippen LogP contribution < -0.4 is 0 Å². The summed E-state index contributed by atoms with van der Waals surface area (Å²) in [5.41, 5.74) is 1.22. The maximum Gasteiger partial charge on any atom is 0.407 e. The zero-order chi connectivity index (χ0) is 15.4. The Hall–Kier alpha value is -2.57. The third-order valence-corrected chi connectivity index (χ3v) is 3.31. The highest BCUT2D eigenvalue weighted by Crippen LogP contribution is 2.12. The van der Waals surface area contributed by atoms with Crippen LogP contribution in [0.15, 0.2) is 24.3 Å². The van der Waals surface area contributed by atoms with E-state index in [1.165, 1.54) is 7.11 Å². The minimum Gasteiger partial charge on any atom is -0.465 e. The molecule has 7 nitrogen and oxygen atoms in total. The molecule has 0 aliphatic carbocycles. The van der Waals surface area contributed by atoms with Gasteiger partial charge < -0.3 is 14.7 Å². The number of carbonyl (C=O) groups excluding carboxylic acids is 2. The first-order valence-corrected chi connectivity index (χ1v) is 6.44. The molecule has 112 valence electrons. The maximum absolute atomic E-state index is 11.9. The molecule has 0 atom stereocenters. The van der Waals surface area contributed by atoms with E-state index in [2.05, 4.69) is 4.74 Å². The molecule has 1 aromatic rings. The third-order valence-electron chi connectivity index (χ3n) is 3.31. The molecule has 0 radical (unpaired) electrons. The number of benzene rings is 1. The quantitative estimate of drug-likeness (QED) is 0.832. The van der Waals surface area contributed by atoms with Crippen molar-refractivity contribution in [2.45, 2.75) is 6.54 Å². The molecule has 21 heavy (non-hydrogen) atoms. The molecular weight excluding hydrogens is 276 g/mol. The average molecular weight is 292 g/mol. The average Bonchev–Trinajstić information content (AvgIpc) is 2.48. The molecule has 1 aromatic carbocycles. The van der Waals surface area contributed by atoms with Crippen LogP contribution in [0.25, 0.3) is 0 Å². The van der Waals surface area contributed by atoms with Crippen molar-refractivity contribution in [3.05, 3.63) is 35.4 Å². The van der Waals surface area contributed by atoms with Crippen molar-refractivity contribution in [1.29, 1.82) is 0 Å². The fraction of sp³-hybridized carbons (Fsp3) is 0.357. The standard InChI is InChI=1S/C14H16N2O5/c1-21-13(18)11-4-2-3-10(7-11)8-15-5-6-16(14(19)20)9-12(15)17/h2-4,7H,5-6,8-9H2,1H3,(H,19,20). The van der Waals surface area contributed by atoms with Crippen LogP contribution in [0.1, 0.15) is 15.9 Å². The van der Waals surface area contributed by atoms with Gasteiger partial charge in [-0.1, -0.05) is 12.1 Å². The highest BCUT2D eigenvalue weighted by molar-refractivity contribution is 5.89. The molecule has 7 heteroatoms. The maximum atomic E-state index is 11.9. The third kappa shape index (κ3) is 3.50. The number of piperazine rings is 1. The van der Waals surface area contributed by atoms with Crippen molar-refractivity contribution in [2.24, 2.45) is 0 Å². The molecular formula is C14H16N2O5. The number of esters is 1. The number of hydrogen-bond acceptors (Lipinski definition) is 4. The van der Waals surface area contributed by atoms with Crippen molar-refractivity contribution >= 4 is 18.0 Å². The number of ether oxygens (including phenoxy) is 1. The van der Waals surface area contributed by atoms with Crippen LogP contribution in [-0.4, -0.2) is 59.6 Å². The Labute approximate surface area is 121 Å². The fourth-order valence-corrected chi connectivity index (χ4v) is 2.17. The predicted octanol–water partition coefficient (Wildman–Crippen LogP) is 0.795. The van der Waals surface area contributed by atoms with E-state index in [1.807, 2.05) is 6.07 Å². The number of methoxy groups -OCH3 is 1. The molecule has 1 aliphatic rings. The molecule has 0 spiro atoms. The van der Waals surface area contributed by atoms with Crippen molar-refractivity contribution in [1.82, 2.24) is 9.80 Å². The first kappa shape index (κ1) is 14.8. The van der Waals surface area contributed by atoms with Crippen LogP contribution >= 0.6 is 0 Å². The molecule has 0 unspecified atom stereocenters. The van der Waals surface area contributed by atoms with Crippen molar-refractivity contribution in [2.75, 3.05) is 26.7 Å². The van der Waals surface area contributed by atoms with Gasteiger partial charge in [0.1, 0.15) is 6.54 Å². The van der Waals surface area contributed by atoms with Gasteiger partial charge in [0.05, 0.1) is 12.7 Å². The Morgan fingerprint density at radius 1 is 1.33 bits per heavy atom. The molecule has 0 saturated carbocycles. The van der Waals surface area contributed by atoms with Gasteiger partial charge in [-0.3, -0.25) is 9.69 Å². The van der Waals surface area contributed by atoms with Crippen LogP contribution in [0, 0.1) is 0 Å². The Morgan fingerprint density at radius 3 is 2.71 bits per heavy atom. The predicted molar refractivity (Wildman–Crippen MR) is 72.8 cm³/mol. The van der Waals surface area contributed by atoms with Gasteiger partial charge >= 0.3 is 12.1 Å². The topological polar surface area (TPSA) is 87.2 Å². The Kier molecular flexibility index (Phi) is 4.42. The fourth-order valence-electron chi connectivity index (χ4n) is 2.17. The van der Waals surface area contributed by atoms with Crippen molar-refractivity contribution < 1.29 is 24.2 Å². The van der Waals surface area contributed by atoms with E-state index in [1.54, 1.807) is 23.1 Å². The zero-order valence-corrected chi connectivity index (χ0v) is 11.6. The lowest BCUT2D eigenvalue weighted by atomic mass is 10.1. The second kappa shape index (κ2) is 6.25. The van der Waals surface area contributed by atoms with E-state index in [0.29, 0.717) is 18.7 Å². The lowest BCUT2D eigenvalue weighted by molar-refractivity contribution is -0.135. The normalized spacial score (nSPS) is 15.0. The van der Waals surface area contributed by atoms with Crippen molar-refractivity contribution in [3.8, 4) is 0 Å². The van der Waals surface area contributed by atoms with Gasteiger partial charge in [-0.15, -0.1) is 0 Å². The van der Waals surface area contributed by atoms with E-state index < -0.39 is 12.1 Å². The number of hydrogen-bond donors (Lipinski definition) is 1. The minimum atomic E-state index is -1.09. The van der Waals surface area contributed by atoms with Crippen molar-refractivity contribution in [3.63, 3.8) is 0 Å². The minimum absolute atomic E-state index is 0.133. The van der Waals surface area contributed by atoms with Gasteiger partial charge in [-0.25, -0.2) is 9.59 Å². The van der Waals surface area contributed by atoms with E-state index >= 15 is 0 Å². The highest BCUT2D eigenvalue weighted by Gasteiger charge is 2.26. The summed E-state index contributed by atoms with van der Waals surface area (Å²) in [6.07, 6.45) is -1.09. The summed E-state index contributed by atoms with van der Waals surface area (Å²) in [6, 6.07) is 6.84. The Balaban J connectivity index is 2.04. The van der Waals surface area contributed by atoms with Crippen LogP contribution in [0.4, 0.5) is 4.79 Å². The van der Waals surface area contributed by atoms with Gasteiger partial charge in [-0.2, -0.15) is 0 Å². The van der Waals surface area contributed by atoms with Crippen LogP contribution in [0.2, 0.25) is 0 Å². The van der Waals surface area contributed by atoms with E-state index in [4.69, 9.17) is 5.11 Å². The number of nitrogens with zero attached hydrogens (tertiary/aromatic N) is 2. The first-order chi connectivity index (χ1) is 10.0. The summed E-state index contributed by atoms with van der Waals surface area (Å²) in [7, 11) is 1.31. The Morgan fingerprint density at radius 2 is 2.10 bits per heavy atom. The summed E-state index contributed by atoms with van der Waals surface area (Å²) < 4.78 is 4.65. The smallest absolute Gasteiger partial charge is 0.407 e. The number of carboxylic acid groups (broad SMARTS) is 1. The van der Waals surface area contributed by atoms with E-state index in [-0.39, 0.29) is 19.0 Å². The van der Waals surface area contributed by atoms with Gasteiger partial charge in [0.2, 0.25) is 5.91 Å². The molecule has 1 N–H and O–H groups in total. The Bertz CT molecular complexity index is 572. The summed E-state index contributed by atoms with van der Waals surface area (Å²) in [5.74, 6) is -0.675. The molecule has 1 heterocycles. The van der Waals surface area contributed by atoms with Gasteiger partial charge in [0.25, 0.3) is 0 Å². The van der Waals surface area contributed by atoms with Gasteiger partial charge in [0, 0.05) is 19.6 Å². The lowest BCUT2D eigenvalue weighted by Crippen LogP contribution is -2.51. The van der Waals surface area contributed by atoms with Gasteiger partial charge in [0.15, 0.2) is 0 Å². The molecule has 1 aliphatic heterocycles. The largest absolute Gasteiger partial charge is 0.465 e. The van der Waals surface area contributed by atoms with E-state index in [9.17, 15) is 14.4 Å². The number of amides is 2. The molecule has 1 saturated heterocycles. The van der Waals surface area contributed by atoms with E-state index in [0.717, 1.165) is 10.5 Å². The molecule has 2 amide bonds. The molecule has 1 fully saturated rings. The lowest BCUT2D eigenvalue weighted by Gasteiger charge is -2.32. The second-order valence-corrected chi connectivity index (χ2v) is 4.71. The number of rotatable bonds is 3. The van der Waals surface area contributed by atoms with Crippen LogP contribution in [0.3, 0.4) is 0 Å². The monoisotopic (exact) mass is 292 g/mol. The summed E-state index contributed by atoms with van der Waals surface area (Å²) in [4.78, 5) is 36.9. The molecule has 0 bridgehead atoms. The first-order valence-electron chi connectivity index (χ1n) is 6.44.